The Balaban J connectivity index is 1.83. The third kappa shape index (κ3) is 2.44. The summed E-state index contributed by atoms with van der Waals surface area (Å²) < 4.78 is 38.1. The molecular weight excluding hydrogens is 340 g/mol. The molecule has 134 valence electrons. The van der Waals surface area contributed by atoms with Crippen LogP contribution in [0.5, 0.6) is 5.75 Å². The van der Waals surface area contributed by atoms with Crippen LogP contribution in [-0.2, 0) is 6.54 Å². The van der Waals surface area contributed by atoms with Crippen molar-refractivity contribution >= 4 is 16.7 Å². The van der Waals surface area contributed by atoms with Crippen LogP contribution in [0, 0.1) is 32.4 Å². The van der Waals surface area contributed by atoms with Crippen LogP contribution in [-0.4, -0.2) is 6.73 Å². The van der Waals surface area contributed by atoms with Gasteiger partial charge in [0.15, 0.2) is 18.4 Å². The average molecular weight is 357 g/mol. The summed E-state index contributed by atoms with van der Waals surface area (Å²) in [5.41, 5.74) is 3.83. The zero-order valence-electron chi connectivity index (χ0n) is 14.7. The zero-order valence-corrected chi connectivity index (χ0v) is 14.7. The average Bonchev–Trinajstić information content (AvgIpc) is 2.63. The van der Waals surface area contributed by atoms with E-state index in [0.717, 1.165) is 34.2 Å². The molecule has 1 aliphatic rings. The maximum Gasteiger partial charge on any atom is 0.339 e. The van der Waals surface area contributed by atoms with E-state index in [1.165, 1.54) is 6.07 Å². The summed E-state index contributed by atoms with van der Waals surface area (Å²) in [6.45, 7) is 6.15. The van der Waals surface area contributed by atoms with Gasteiger partial charge in [-0.25, -0.2) is 13.6 Å². The van der Waals surface area contributed by atoms with Crippen LogP contribution in [0.25, 0.3) is 11.0 Å². The van der Waals surface area contributed by atoms with Crippen molar-refractivity contribution in [2.24, 2.45) is 0 Å². The molecule has 0 radical (unpaired) electrons. The standard InChI is InChI=1S/C20H17F2NO3/c1-10-11(2)20(24)26-19-12(3)18-13(6-15(10)19)8-23(9-25-18)14-4-5-16(21)17(22)7-14/h4-7H,8-9H2,1-3H3. The SMILES string of the molecule is Cc1c(C)c2cc3c(c(C)c2oc1=O)OCN(c1ccc(F)c(F)c1)C3. The van der Waals surface area contributed by atoms with Crippen LogP contribution in [0.3, 0.4) is 0 Å². The monoisotopic (exact) mass is 357 g/mol. The van der Waals surface area contributed by atoms with E-state index in [4.69, 9.17) is 9.15 Å². The lowest BCUT2D eigenvalue weighted by molar-refractivity contribution is 0.287. The van der Waals surface area contributed by atoms with Gasteiger partial charge in [0.2, 0.25) is 0 Å². The molecule has 0 unspecified atom stereocenters. The molecule has 4 nitrogen and oxygen atoms in total. The molecule has 6 heteroatoms. The first kappa shape index (κ1) is 16.6. The molecule has 0 spiro atoms. The van der Waals surface area contributed by atoms with Crippen molar-refractivity contribution in [2.45, 2.75) is 27.3 Å². The summed E-state index contributed by atoms with van der Waals surface area (Å²) >= 11 is 0. The Morgan fingerprint density at radius 1 is 1.00 bits per heavy atom. The number of ether oxygens (including phenoxy) is 1. The molecule has 2 aromatic carbocycles. The molecule has 0 aliphatic carbocycles. The second-order valence-corrected chi connectivity index (χ2v) is 6.58. The molecule has 0 amide bonds. The van der Waals surface area contributed by atoms with Crippen LogP contribution in [0.2, 0.25) is 0 Å². The molecule has 1 aliphatic heterocycles. The fraction of sp³-hybridized carbons (Fsp3) is 0.250. The first-order valence-electron chi connectivity index (χ1n) is 8.26. The van der Waals surface area contributed by atoms with Gasteiger partial charge >= 0.3 is 5.63 Å². The molecule has 0 atom stereocenters. The fourth-order valence-electron chi connectivity index (χ4n) is 3.35. The van der Waals surface area contributed by atoms with E-state index in [1.54, 1.807) is 6.92 Å². The lowest BCUT2D eigenvalue weighted by Gasteiger charge is -2.32. The number of hydrogen-bond acceptors (Lipinski definition) is 4. The summed E-state index contributed by atoms with van der Waals surface area (Å²) in [4.78, 5) is 13.8. The first-order valence-corrected chi connectivity index (χ1v) is 8.26. The molecule has 0 saturated heterocycles. The summed E-state index contributed by atoms with van der Waals surface area (Å²) in [7, 11) is 0. The van der Waals surface area contributed by atoms with Crippen molar-refractivity contribution in [1.29, 1.82) is 0 Å². The Morgan fingerprint density at radius 3 is 2.50 bits per heavy atom. The molecule has 2 heterocycles. The van der Waals surface area contributed by atoms with Gasteiger partial charge in [0.25, 0.3) is 0 Å². The van der Waals surface area contributed by atoms with Gasteiger partial charge in [-0.05, 0) is 44.5 Å². The topological polar surface area (TPSA) is 42.7 Å². The van der Waals surface area contributed by atoms with Crippen molar-refractivity contribution in [1.82, 2.24) is 0 Å². The van der Waals surface area contributed by atoms with Gasteiger partial charge in [0, 0.05) is 40.4 Å². The van der Waals surface area contributed by atoms with E-state index in [0.29, 0.717) is 29.1 Å². The minimum absolute atomic E-state index is 0.194. The van der Waals surface area contributed by atoms with Gasteiger partial charge in [-0.1, -0.05) is 0 Å². The van der Waals surface area contributed by atoms with Crippen LogP contribution < -0.4 is 15.3 Å². The van der Waals surface area contributed by atoms with Crippen molar-refractivity contribution < 1.29 is 17.9 Å². The lowest BCUT2D eigenvalue weighted by Crippen LogP contribution is -2.32. The number of benzene rings is 2. The summed E-state index contributed by atoms with van der Waals surface area (Å²) in [6.07, 6.45) is 0. The Labute approximate surface area is 148 Å². The first-order chi connectivity index (χ1) is 12.4. The Morgan fingerprint density at radius 2 is 1.77 bits per heavy atom. The maximum absolute atomic E-state index is 13.6. The zero-order chi connectivity index (χ0) is 18.6. The fourth-order valence-corrected chi connectivity index (χ4v) is 3.35. The Bertz CT molecular complexity index is 1100. The number of hydrogen-bond donors (Lipinski definition) is 0. The molecule has 0 bridgehead atoms. The van der Waals surface area contributed by atoms with Crippen molar-refractivity contribution in [3.8, 4) is 5.75 Å². The highest BCUT2D eigenvalue weighted by molar-refractivity contribution is 5.87. The van der Waals surface area contributed by atoms with E-state index in [2.05, 4.69) is 0 Å². The van der Waals surface area contributed by atoms with E-state index in [-0.39, 0.29) is 12.4 Å². The van der Waals surface area contributed by atoms with Gasteiger partial charge < -0.3 is 14.1 Å². The van der Waals surface area contributed by atoms with Crippen molar-refractivity contribution in [3.05, 3.63) is 68.6 Å². The predicted octanol–water partition coefficient (Wildman–Crippen LogP) is 4.35. The lowest BCUT2D eigenvalue weighted by atomic mass is 9.99. The third-order valence-corrected chi connectivity index (χ3v) is 5.00. The molecule has 0 fully saturated rings. The molecule has 1 aromatic heterocycles. The van der Waals surface area contributed by atoms with E-state index < -0.39 is 11.6 Å². The number of nitrogens with zero attached hydrogens (tertiary/aromatic N) is 1. The number of anilines is 1. The highest BCUT2D eigenvalue weighted by atomic mass is 19.2. The summed E-state index contributed by atoms with van der Waals surface area (Å²) in [5, 5.41) is 0.856. The second kappa shape index (κ2) is 5.83. The van der Waals surface area contributed by atoms with Gasteiger partial charge in [-0.15, -0.1) is 0 Å². The number of halogens is 2. The second-order valence-electron chi connectivity index (χ2n) is 6.58. The minimum atomic E-state index is -0.892. The van der Waals surface area contributed by atoms with Crippen LogP contribution >= 0.6 is 0 Å². The Hall–Kier alpha value is -2.89. The van der Waals surface area contributed by atoms with Gasteiger partial charge in [-0.3, -0.25) is 0 Å². The maximum atomic E-state index is 13.6. The van der Waals surface area contributed by atoms with E-state index in [9.17, 15) is 13.6 Å². The smallest absolute Gasteiger partial charge is 0.339 e. The largest absolute Gasteiger partial charge is 0.472 e. The van der Waals surface area contributed by atoms with Crippen molar-refractivity contribution in [2.75, 3.05) is 11.6 Å². The third-order valence-electron chi connectivity index (χ3n) is 5.00. The molecule has 0 N–H and O–H groups in total. The van der Waals surface area contributed by atoms with Crippen LogP contribution in [0.15, 0.2) is 33.5 Å². The molecule has 3 aromatic rings. The summed E-state index contributed by atoms with van der Waals surface area (Å²) in [6, 6.07) is 5.73. The quantitative estimate of drug-likeness (QED) is 0.607. The van der Waals surface area contributed by atoms with E-state index in [1.807, 2.05) is 24.8 Å². The minimum Gasteiger partial charge on any atom is -0.472 e. The number of aryl methyl sites for hydroxylation is 2. The highest BCUT2D eigenvalue weighted by Crippen LogP contribution is 2.37. The van der Waals surface area contributed by atoms with Crippen LogP contribution in [0.4, 0.5) is 14.5 Å². The normalized spacial score (nSPS) is 13.7. The molecule has 4 rings (SSSR count). The van der Waals surface area contributed by atoms with Gasteiger partial charge in [0.1, 0.15) is 11.3 Å². The summed E-state index contributed by atoms with van der Waals surface area (Å²) in [5.74, 6) is -1.10. The van der Waals surface area contributed by atoms with Crippen molar-refractivity contribution in [3.63, 3.8) is 0 Å². The molecular formula is C20H17F2NO3. The highest BCUT2D eigenvalue weighted by Gasteiger charge is 2.24. The van der Waals surface area contributed by atoms with Crippen LogP contribution in [0.1, 0.15) is 22.3 Å². The molecule has 26 heavy (non-hydrogen) atoms. The van der Waals surface area contributed by atoms with E-state index >= 15 is 0 Å². The Kier molecular flexibility index (Phi) is 3.72. The molecule has 0 saturated carbocycles. The number of rotatable bonds is 1. The van der Waals surface area contributed by atoms with Gasteiger partial charge in [0.05, 0.1) is 0 Å². The predicted molar refractivity (Wildman–Crippen MR) is 94.7 cm³/mol. The van der Waals surface area contributed by atoms with Gasteiger partial charge in [-0.2, -0.15) is 0 Å². The number of fused-ring (bicyclic) bond motifs is 2.